The van der Waals surface area contributed by atoms with Crippen LogP contribution >= 0.6 is 0 Å². The number of carbonyl (C=O) groups is 5. The fourth-order valence-electron chi connectivity index (χ4n) is 4.05. The minimum atomic E-state index is -1.59. The summed E-state index contributed by atoms with van der Waals surface area (Å²) in [5.41, 5.74) is 6.73. The maximum atomic E-state index is 13.1. The number of hydrogen-bond acceptors (Lipinski definition) is 7. The van der Waals surface area contributed by atoms with E-state index in [1.807, 2.05) is 18.2 Å². The molecule has 1 saturated heterocycles. The number of aliphatic carboxylic acids is 1. The Bertz CT molecular complexity index is 1130. The van der Waals surface area contributed by atoms with Crippen LogP contribution in [0.2, 0.25) is 0 Å². The van der Waals surface area contributed by atoms with Gasteiger partial charge in [-0.2, -0.15) is 0 Å². The van der Waals surface area contributed by atoms with Gasteiger partial charge in [-0.1, -0.05) is 18.2 Å². The van der Waals surface area contributed by atoms with Gasteiger partial charge in [-0.15, -0.1) is 0 Å². The fourth-order valence-corrected chi connectivity index (χ4v) is 4.05. The van der Waals surface area contributed by atoms with E-state index in [0.29, 0.717) is 18.5 Å². The van der Waals surface area contributed by atoms with Crippen LogP contribution in [0.3, 0.4) is 0 Å². The number of carboxylic acids is 1. The molecule has 1 aliphatic heterocycles. The molecule has 4 unspecified atom stereocenters. The van der Waals surface area contributed by atoms with Crippen LogP contribution in [0.4, 0.5) is 0 Å². The van der Waals surface area contributed by atoms with Crippen LogP contribution in [-0.2, 0) is 30.4 Å². The first kappa shape index (κ1) is 26.6. The van der Waals surface area contributed by atoms with Crippen molar-refractivity contribution in [3.8, 4) is 0 Å². The molecule has 1 aromatic heterocycles. The van der Waals surface area contributed by atoms with E-state index in [4.69, 9.17) is 5.73 Å². The molecular formula is C23H30N6O7. The van der Waals surface area contributed by atoms with Crippen LogP contribution in [0.15, 0.2) is 30.5 Å². The Morgan fingerprint density at radius 2 is 1.72 bits per heavy atom. The third-order valence-electron chi connectivity index (χ3n) is 5.94. The SMILES string of the molecule is NC(=O)CC(NC(=O)C1CCCN1)C(=O)NC(Cc1c[nH]c2ccccc12)C(=O)NC(CO)C(=O)O. The number of carbonyl (C=O) groups excluding carboxylic acids is 4. The van der Waals surface area contributed by atoms with Crippen LogP contribution in [0.5, 0.6) is 0 Å². The minimum Gasteiger partial charge on any atom is -0.480 e. The average molecular weight is 503 g/mol. The number of rotatable bonds is 12. The summed E-state index contributed by atoms with van der Waals surface area (Å²) in [6.45, 7) is -0.211. The molecule has 13 heteroatoms. The highest BCUT2D eigenvalue weighted by Gasteiger charge is 2.32. The molecular weight excluding hydrogens is 472 g/mol. The molecule has 0 aliphatic carbocycles. The lowest BCUT2D eigenvalue weighted by atomic mass is 10.0. The summed E-state index contributed by atoms with van der Waals surface area (Å²) < 4.78 is 0. The second-order valence-corrected chi connectivity index (χ2v) is 8.59. The molecule has 4 atom stereocenters. The summed E-state index contributed by atoms with van der Waals surface area (Å²) >= 11 is 0. The summed E-state index contributed by atoms with van der Waals surface area (Å²) in [6.07, 6.45) is 2.47. The van der Waals surface area contributed by atoms with Gasteiger partial charge in [-0.25, -0.2) is 4.79 Å². The first-order chi connectivity index (χ1) is 17.2. The molecule has 1 aliphatic rings. The van der Waals surface area contributed by atoms with Gasteiger partial charge in [0.05, 0.1) is 19.1 Å². The van der Waals surface area contributed by atoms with Gasteiger partial charge in [0, 0.05) is 23.5 Å². The number of nitrogens with one attached hydrogen (secondary N) is 5. The molecule has 194 valence electrons. The molecule has 13 nitrogen and oxygen atoms in total. The molecule has 2 aromatic rings. The number of aliphatic hydroxyl groups excluding tert-OH is 1. The number of aromatic nitrogens is 1. The Hall–Kier alpha value is -3.97. The van der Waals surface area contributed by atoms with Crippen molar-refractivity contribution in [2.24, 2.45) is 5.73 Å². The zero-order valence-electron chi connectivity index (χ0n) is 19.5. The van der Waals surface area contributed by atoms with Crippen molar-refractivity contribution in [2.75, 3.05) is 13.2 Å². The predicted molar refractivity (Wildman–Crippen MR) is 127 cm³/mol. The van der Waals surface area contributed by atoms with Crippen LogP contribution in [-0.4, -0.2) is 82.1 Å². The van der Waals surface area contributed by atoms with E-state index < -0.39 is 66.8 Å². The van der Waals surface area contributed by atoms with E-state index in [1.165, 1.54) is 0 Å². The van der Waals surface area contributed by atoms with Crippen LogP contribution < -0.4 is 27.0 Å². The number of para-hydroxylation sites is 1. The number of benzene rings is 1. The summed E-state index contributed by atoms with van der Waals surface area (Å²) in [5.74, 6) is -4.46. The van der Waals surface area contributed by atoms with Crippen LogP contribution in [0.1, 0.15) is 24.8 Å². The molecule has 0 bridgehead atoms. The van der Waals surface area contributed by atoms with E-state index in [9.17, 15) is 34.2 Å². The molecule has 0 spiro atoms. The van der Waals surface area contributed by atoms with E-state index in [2.05, 4.69) is 26.3 Å². The normalized spacial score (nSPS) is 17.6. The lowest BCUT2D eigenvalue weighted by Crippen LogP contribution is -2.58. The fraction of sp³-hybridized carbons (Fsp3) is 0.435. The average Bonchev–Trinajstić information content (AvgIpc) is 3.51. The minimum absolute atomic E-state index is 0.0409. The molecule has 0 saturated carbocycles. The molecule has 1 fully saturated rings. The Balaban J connectivity index is 1.82. The molecule has 36 heavy (non-hydrogen) atoms. The molecule has 1 aromatic carbocycles. The van der Waals surface area contributed by atoms with Crippen molar-refractivity contribution in [3.05, 3.63) is 36.0 Å². The number of H-pyrrole nitrogens is 1. The van der Waals surface area contributed by atoms with Crippen molar-refractivity contribution in [1.82, 2.24) is 26.3 Å². The van der Waals surface area contributed by atoms with Gasteiger partial charge in [0.25, 0.3) is 0 Å². The van der Waals surface area contributed by atoms with Gasteiger partial charge >= 0.3 is 5.97 Å². The van der Waals surface area contributed by atoms with Gasteiger partial charge in [-0.3, -0.25) is 19.2 Å². The van der Waals surface area contributed by atoms with Gasteiger partial charge in [0.15, 0.2) is 0 Å². The monoisotopic (exact) mass is 502 g/mol. The quantitative estimate of drug-likeness (QED) is 0.160. The summed E-state index contributed by atoms with van der Waals surface area (Å²) in [4.78, 5) is 64.6. The van der Waals surface area contributed by atoms with Gasteiger partial charge in [-0.05, 0) is 31.0 Å². The lowest BCUT2D eigenvalue weighted by Gasteiger charge is -2.24. The number of fused-ring (bicyclic) bond motifs is 1. The van der Waals surface area contributed by atoms with E-state index >= 15 is 0 Å². The number of hydrogen-bond donors (Lipinski definition) is 8. The summed E-state index contributed by atoms with van der Waals surface area (Å²) in [7, 11) is 0. The van der Waals surface area contributed by atoms with Crippen molar-refractivity contribution in [2.45, 2.75) is 49.9 Å². The first-order valence-electron chi connectivity index (χ1n) is 11.5. The second kappa shape index (κ2) is 12.1. The summed E-state index contributed by atoms with van der Waals surface area (Å²) in [5, 5.41) is 29.5. The maximum Gasteiger partial charge on any atom is 0.328 e. The van der Waals surface area contributed by atoms with E-state index in [0.717, 1.165) is 17.3 Å². The molecule has 0 radical (unpaired) electrons. The third kappa shape index (κ3) is 6.79. The van der Waals surface area contributed by atoms with Crippen molar-refractivity contribution in [3.63, 3.8) is 0 Å². The number of aliphatic hydroxyl groups is 1. The highest BCUT2D eigenvalue weighted by molar-refractivity contribution is 5.96. The standard InChI is InChI=1S/C23H30N6O7/c24-19(31)9-17(28-20(32)15-6-3-7-25-15)22(34)27-16(21(33)29-18(11-30)23(35)36)8-12-10-26-14-5-2-1-4-13(12)14/h1-2,4-5,10,15-18,25-26,30H,3,6-9,11H2,(H2,24,31)(H,27,34)(H,28,32)(H,29,33)(H,35,36). The largest absolute Gasteiger partial charge is 0.480 e. The van der Waals surface area contributed by atoms with Gasteiger partial charge in [0.1, 0.15) is 18.1 Å². The Kier molecular flexibility index (Phi) is 8.97. The van der Waals surface area contributed by atoms with Crippen molar-refractivity contribution < 1.29 is 34.2 Å². The number of nitrogens with two attached hydrogens (primary N) is 1. The predicted octanol–water partition coefficient (Wildman–Crippen LogP) is -2.13. The number of carboxylic acid groups (broad SMARTS) is 1. The Morgan fingerprint density at radius 1 is 1.03 bits per heavy atom. The van der Waals surface area contributed by atoms with E-state index in [1.54, 1.807) is 12.3 Å². The maximum absolute atomic E-state index is 13.1. The first-order valence-corrected chi connectivity index (χ1v) is 11.5. The zero-order valence-corrected chi connectivity index (χ0v) is 19.5. The summed E-state index contributed by atoms with van der Waals surface area (Å²) in [6, 6.07) is 2.53. The van der Waals surface area contributed by atoms with Gasteiger partial charge in [0.2, 0.25) is 23.6 Å². The highest BCUT2D eigenvalue weighted by Crippen LogP contribution is 2.19. The smallest absolute Gasteiger partial charge is 0.328 e. The highest BCUT2D eigenvalue weighted by atomic mass is 16.4. The Labute approximate surface area is 206 Å². The molecule has 4 amide bonds. The number of amides is 4. The number of primary amides is 1. The molecule has 3 rings (SSSR count). The van der Waals surface area contributed by atoms with Crippen LogP contribution in [0, 0.1) is 0 Å². The number of aromatic amines is 1. The lowest BCUT2D eigenvalue weighted by molar-refractivity contribution is -0.143. The van der Waals surface area contributed by atoms with E-state index in [-0.39, 0.29) is 6.42 Å². The molecule has 2 heterocycles. The van der Waals surface area contributed by atoms with Crippen LogP contribution in [0.25, 0.3) is 10.9 Å². The van der Waals surface area contributed by atoms with Crippen molar-refractivity contribution >= 4 is 40.5 Å². The molecule has 9 N–H and O–H groups in total. The Morgan fingerprint density at radius 3 is 2.36 bits per heavy atom. The van der Waals surface area contributed by atoms with Crippen molar-refractivity contribution in [1.29, 1.82) is 0 Å². The third-order valence-corrected chi connectivity index (χ3v) is 5.94. The topological polar surface area (TPSA) is 216 Å². The zero-order chi connectivity index (χ0) is 26.2. The second-order valence-electron chi connectivity index (χ2n) is 8.59. The van der Waals surface area contributed by atoms with Gasteiger partial charge < -0.3 is 42.2 Å².